The van der Waals surface area contributed by atoms with Gasteiger partial charge in [0, 0.05) is 0 Å². The number of hydrogen-bond acceptors (Lipinski definition) is 5. The number of nitrogens with zero attached hydrogens (tertiary/aromatic N) is 3. The molecular weight excluding hydrogens is 165 g/mol. The number of hydrogen-bond donors (Lipinski definition) is 0. The molecule has 0 aliphatic carbocycles. The number of nitro groups is 1. The van der Waals surface area contributed by atoms with Crippen LogP contribution in [0.2, 0.25) is 5.15 Å². The third-order valence-corrected chi connectivity index (χ3v) is 0.964. The predicted octanol–water partition coefficient (Wildman–Crippen LogP) is -0.130. The Labute approximate surface area is 58.5 Å². The molecule has 1 heterocycles. The third-order valence-electron chi connectivity index (χ3n) is 0.726. The monoisotopic (exact) mass is 165 g/mol. The third kappa shape index (κ3) is 0.860. The van der Waals surface area contributed by atoms with Crippen LogP contribution in [0.3, 0.4) is 0 Å². The molecule has 0 aromatic carbocycles. The Bertz CT molecular complexity index is 250. The van der Waals surface area contributed by atoms with Crippen LogP contribution in [0.15, 0.2) is 4.63 Å². The van der Waals surface area contributed by atoms with Gasteiger partial charge in [0.25, 0.3) is 0 Å². The van der Waals surface area contributed by atoms with Gasteiger partial charge in [-0.25, -0.2) is 0 Å². The summed E-state index contributed by atoms with van der Waals surface area (Å²) in [5.41, 5.74) is 0. The first-order valence-electron chi connectivity index (χ1n) is 2.02. The molecule has 1 aromatic rings. The van der Waals surface area contributed by atoms with Gasteiger partial charge in [0.15, 0.2) is 0 Å². The summed E-state index contributed by atoms with van der Waals surface area (Å²) in [5, 5.41) is 22.4. The van der Waals surface area contributed by atoms with Crippen molar-refractivity contribution < 1.29 is 14.5 Å². The van der Waals surface area contributed by atoms with Crippen molar-refractivity contribution in [2.24, 2.45) is 0 Å². The molecule has 0 aliphatic heterocycles. The molecule has 0 atom stereocenters. The van der Waals surface area contributed by atoms with E-state index >= 15 is 0 Å². The zero-order chi connectivity index (χ0) is 7.72. The van der Waals surface area contributed by atoms with Crippen molar-refractivity contribution in [1.29, 1.82) is 0 Å². The normalized spacial score (nSPS) is 9.70. The maximum Gasteiger partial charge on any atom is 0.598 e. The van der Waals surface area contributed by atoms with Crippen LogP contribution >= 0.6 is 11.6 Å². The fourth-order valence-electron chi connectivity index (χ4n) is 0.370. The van der Waals surface area contributed by atoms with E-state index in [0.29, 0.717) is 0 Å². The highest BCUT2D eigenvalue weighted by molar-refractivity contribution is 6.30. The van der Waals surface area contributed by atoms with Gasteiger partial charge >= 0.3 is 11.0 Å². The highest BCUT2D eigenvalue weighted by atomic mass is 35.5. The summed E-state index contributed by atoms with van der Waals surface area (Å²) >= 11 is 5.07. The minimum absolute atomic E-state index is 0.373. The molecule has 0 bridgehead atoms. The van der Waals surface area contributed by atoms with E-state index in [9.17, 15) is 15.3 Å². The second kappa shape index (κ2) is 2.10. The SMILES string of the molecule is O=[N+]([O-])c1c(Cl)no[n+]1[O-]. The van der Waals surface area contributed by atoms with Crippen LogP contribution in [-0.2, 0) is 0 Å². The lowest BCUT2D eigenvalue weighted by Crippen LogP contribution is -2.26. The summed E-state index contributed by atoms with van der Waals surface area (Å²) < 4.78 is 3.79. The Morgan fingerprint density at radius 2 is 2.40 bits per heavy atom. The lowest BCUT2D eigenvalue weighted by molar-refractivity contribution is -0.825. The Balaban J connectivity index is 3.23. The maximum atomic E-state index is 10.2. The standard InChI is InChI=1S/C2ClN3O4/c3-1-2(5(7)8)6(9)10-4-1. The molecule has 0 fully saturated rings. The van der Waals surface area contributed by atoms with Crippen LogP contribution in [0, 0.1) is 15.3 Å². The van der Waals surface area contributed by atoms with Gasteiger partial charge in [0.05, 0.1) is 0 Å². The van der Waals surface area contributed by atoms with Gasteiger partial charge in [0.1, 0.15) is 9.83 Å². The molecule has 0 unspecified atom stereocenters. The molecule has 0 radical (unpaired) electrons. The average molecular weight is 165 g/mol. The van der Waals surface area contributed by atoms with Gasteiger partial charge in [-0.2, -0.15) is 0 Å². The highest BCUT2D eigenvalue weighted by Crippen LogP contribution is 2.15. The Kier molecular flexibility index (Phi) is 1.42. The quantitative estimate of drug-likeness (QED) is 0.328. The summed E-state index contributed by atoms with van der Waals surface area (Å²) in [7, 11) is 0. The van der Waals surface area contributed by atoms with Crippen molar-refractivity contribution in [2.45, 2.75) is 0 Å². The van der Waals surface area contributed by atoms with E-state index in [1.807, 2.05) is 0 Å². The maximum absolute atomic E-state index is 10.2. The molecule has 0 saturated carbocycles. The number of rotatable bonds is 1. The summed E-state index contributed by atoms with van der Waals surface area (Å²) in [4.78, 5) is 8.55. The summed E-state index contributed by atoms with van der Waals surface area (Å²) in [6.07, 6.45) is 0. The lowest BCUT2D eigenvalue weighted by Gasteiger charge is -1.77. The van der Waals surface area contributed by atoms with E-state index < -0.39 is 15.9 Å². The second-order valence-electron chi connectivity index (χ2n) is 1.30. The van der Waals surface area contributed by atoms with Gasteiger partial charge < -0.3 is 0 Å². The fraction of sp³-hybridized carbons (Fsp3) is 0. The molecular formula is C2ClN3O4. The predicted molar refractivity (Wildman–Crippen MR) is 27.1 cm³/mol. The molecule has 0 N–H and O–H groups in total. The summed E-state index contributed by atoms with van der Waals surface area (Å²) in [5.74, 6) is -0.901. The van der Waals surface area contributed by atoms with Crippen LogP contribution in [-0.4, -0.2) is 10.1 Å². The van der Waals surface area contributed by atoms with Crippen LogP contribution < -0.4 is 4.90 Å². The molecule has 0 amide bonds. The number of aromatic nitrogens is 2. The van der Waals surface area contributed by atoms with Crippen molar-refractivity contribution in [2.75, 3.05) is 0 Å². The Hall–Kier alpha value is -1.37. The molecule has 0 saturated heterocycles. The first-order valence-corrected chi connectivity index (χ1v) is 2.40. The van der Waals surface area contributed by atoms with E-state index in [4.69, 9.17) is 11.6 Å². The van der Waals surface area contributed by atoms with Gasteiger partial charge in [-0.15, -0.1) is 5.16 Å². The van der Waals surface area contributed by atoms with Crippen LogP contribution in [0.4, 0.5) is 5.82 Å². The minimum Gasteiger partial charge on any atom is -0.264 e. The first kappa shape index (κ1) is 6.75. The van der Waals surface area contributed by atoms with E-state index in [0.717, 1.165) is 0 Å². The average Bonchev–Trinajstić information content (AvgIpc) is 2.11. The Morgan fingerprint density at radius 3 is 2.60 bits per heavy atom. The van der Waals surface area contributed by atoms with Crippen LogP contribution in [0.5, 0.6) is 0 Å². The van der Waals surface area contributed by atoms with E-state index in [1.54, 1.807) is 0 Å². The molecule has 8 heteroatoms. The smallest absolute Gasteiger partial charge is 0.264 e. The zero-order valence-electron chi connectivity index (χ0n) is 4.35. The second-order valence-corrected chi connectivity index (χ2v) is 1.66. The van der Waals surface area contributed by atoms with Crippen molar-refractivity contribution in [1.82, 2.24) is 5.16 Å². The van der Waals surface area contributed by atoms with E-state index in [1.165, 1.54) is 0 Å². The van der Waals surface area contributed by atoms with Gasteiger partial charge in [-0.05, 0) is 11.6 Å². The molecule has 7 nitrogen and oxygen atoms in total. The lowest BCUT2D eigenvalue weighted by atomic mass is 10.8. The van der Waals surface area contributed by atoms with Crippen molar-refractivity contribution in [3.8, 4) is 0 Å². The molecule has 10 heavy (non-hydrogen) atoms. The minimum atomic E-state index is -0.980. The topological polar surface area (TPSA) is 96.1 Å². The molecule has 1 rings (SSSR count). The van der Waals surface area contributed by atoms with Crippen molar-refractivity contribution in [3.63, 3.8) is 0 Å². The molecule has 0 spiro atoms. The van der Waals surface area contributed by atoms with Gasteiger partial charge in [-0.3, -0.25) is 20.0 Å². The summed E-state index contributed by atoms with van der Waals surface area (Å²) in [6, 6.07) is 0. The van der Waals surface area contributed by atoms with Crippen LogP contribution in [0.1, 0.15) is 0 Å². The van der Waals surface area contributed by atoms with Crippen molar-refractivity contribution >= 4 is 17.4 Å². The Morgan fingerprint density at radius 1 is 1.80 bits per heavy atom. The first-order chi connectivity index (χ1) is 4.63. The van der Waals surface area contributed by atoms with E-state index in [-0.39, 0.29) is 4.90 Å². The molecule has 0 aliphatic rings. The number of halogens is 1. The van der Waals surface area contributed by atoms with Crippen LogP contribution in [0.25, 0.3) is 0 Å². The molecule has 1 aromatic heterocycles. The highest BCUT2D eigenvalue weighted by Gasteiger charge is 2.30. The summed E-state index contributed by atoms with van der Waals surface area (Å²) in [6.45, 7) is 0. The fourth-order valence-corrected chi connectivity index (χ4v) is 0.539. The van der Waals surface area contributed by atoms with Crippen molar-refractivity contribution in [3.05, 3.63) is 20.5 Å². The largest absolute Gasteiger partial charge is 0.598 e. The van der Waals surface area contributed by atoms with E-state index in [2.05, 4.69) is 9.79 Å². The van der Waals surface area contributed by atoms with Gasteiger partial charge in [0.2, 0.25) is 0 Å². The molecule has 54 valence electrons. The van der Waals surface area contributed by atoms with Gasteiger partial charge in [-0.1, -0.05) is 0 Å². The zero-order valence-corrected chi connectivity index (χ0v) is 5.11.